The van der Waals surface area contributed by atoms with E-state index in [0.717, 1.165) is 5.75 Å². The summed E-state index contributed by atoms with van der Waals surface area (Å²) in [5, 5.41) is 0. The molecule has 8 heteroatoms. The van der Waals surface area contributed by atoms with Gasteiger partial charge in [-0.05, 0) is 56.7 Å². The SMILES string of the molecule is CCOc1ccc(S(=O)(=O)N2CCN(C(=O)CCCOc3ccc(C)cc3)CC2)cc1. The molecular weight excluding hydrogens is 416 g/mol. The first kappa shape index (κ1) is 23.1. The normalized spacial score (nSPS) is 15.0. The Hall–Kier alpha value is -2.58. The first-order valence-corrected chi connectivity index (χ1v) is 12.0. The van der Waals surface area contributed by atoms with Gasteiger partial charge >= 0.3 is 0 Å². The van der Waals surface area contributed by atoms with Gasteiger partial charge in [-0.1, -0.05) is 17.7 Å². The van der Waals surface area contributed by atoms with Crippen molar-refractivity contribution < 1.29 is 22.7 Å². The lowest BCUT2D eigenvalue weighted by Gasteiger charge is -2.34. The maximum absolute atomic E-state index is 12.9. The fraction of sp³-hybridized carbons (Fsp3) is 0.435. The van der Waals surface area contributed by atoms with Crippen LogP contribution >= 0.6 is 0 Å². The number of piperazine rings is 1. The predicted octanol–water partition coefficient (Wildman–Crippen LogP) is 3.09. The highest BCUT2D eigenvalue weighted by atomic mass is 32.2. The number of hydrogen-bond acceptors (Lipinski definition) is 5. The number of hydrogen-bond donors (Lipinski definition) is 0. The fourth-order valence-corrected chi connectivity index (χ4v) is 4.83. The van der Waals surface area contributed by atoms with Crippen LogP contribution in [-0.2, 0) is 14.8 Å². The molecule has 31 heavy (non-hydrogen) atoms. The average molecular weight is 447 g/mol. The molecule has 0 bridgehead atoms. The Balaban J connectivity index is 1.43. The molecule has 7 nitrogen and oxygen atoms in total. The van der Waals surface area contributed by atoms with Gasteiger partial charge in [0, 0.05) is 32.6 Å². The minimum Gasteiger partial charge on any atom is -0.494 e. The lowest BCUT2D eigenvalue weighted by atomic mass is 10.2. The molecule has 0 radical (unpaired) electrons. The molecule has 2 aromatic rings. The first-order valence-electron chi connectivity index (χ1n) is 10.6. The summed E-state index contributed by atoms with van der Waals surface area (Å²) < 4.78 is 38.2. The highest BCUT2D eigenvalue weighted by molar-refractivity contribution is 7.89. The zero-order valence-corrected chi connectivity index (χ0v) is 18.9. The van der Waals surface area contributed by atoms with Crippen molar-refractivity contribution in [3.05, 3.63) is 54.1 Å². The van der Waals surface area contributed by atoms with E-state index >= 15 is 0 Å². The van der Waals surface area contributed by atoms with Crippen LogP contribution < -0.4 is 9.47 Å². The summed E-state index contributed by atoms with van der Waals surface area (Å²) in [7, 11) is -3.58. The van der Waals surface area contributed by atoms with Crippen molar-refractivity contribution in [1.29, 1.82) is 0 Å². The molecule has 0 saturated carbocycles. The first-order chi connectivity index (χ1) is 14.9. The fourth-order valence-electron chi connectivity index (χ4n) is 3.41. The molecule has 3 rings (SSSR count). The minimum atomic E-state index is -3.58. The van der Waals surface area contributed by atoms with Gasteiger partial charge in [0.25, 0.3) is 0 Å². The van der Waals surface area contributed by atoms with Crippen molar-refractivity contribution in [2.45, 2.75) is 31.6 Å². The van der Waals surface area contributed by atoms with Crippen LogP contribution in [0.3, 0.4) is 0 Å². The van der Waals surface area contributed by atoms with Crippen LogP contribution in [0.25, 0.3) is 0 Å². The van der Waals surface area contributed by atoms with Crippen LogP contribution in [0.5, 0.6) is 11.5 Å². The lowest BCUT2D eigenvalue weighted by molar-refractivity contribution is -0.132. The van der Waals surface area contributed by atoms with Gasteiger partial charge in [-0.25, -0.2) is 8.42 Å². The van der Waals surface area contributed by atoms with Crippen LogP contribution in [-0.4, -0.2) is 62.9 Å². The summed E-state index contributed by atoms with van der Waals surface area (Å²) in [5.41, 5.74) is 1.17. The lowest BCUT2D eigenvalue weighted by Crippen LogP contribution is -2.50. The van der Waals surface area contributed by atoms with Crippen LogP contribution in [0.2, 0.25) is 0 Å². The molecule has 0 spiro atoms. The van der Waals surface area contributed by atoms with E-state index in [9.17, 15) is 13.2 Å². The predicted molar refractivity (Wildman–Crippen MR) is 119 cm³/mol. The molecule has 0 unspecified atom stereocenters. The summed E-state index contributed by atoms with van der Waals surface area (Å²) in [5.74, 6) is 1.47. The van der Waals surface area contributed by atoms with Crippen LogP contribution in [0.4, 0.5) is 0 Å². The number of ether oxygens (including phenoxy) is 2. The quantitative estimate of drug-likeness (QED) is 0.554. The van der Waals surface area contributed by atoms with Crippen molar-refractivity contribution in [2.24, 2.45) is 0 Å². The Labute approximate surface area is 184 Å². The third kappa shape index (κ3) is 6.21. The zero-order valence-electron chi connectivity index (χ0n) is 18.1. The second-order valence-electron chi connectivity index (χ2n) is 7.45. The molecule has 1 aliphatic rings. The van der Waals surface area contributed by atoms with Gasteiger partial charge in [-0.2, -0.15) is 4.31 Å². The summed E-state index contributed by atoms with van der Waals surface area (Å²) >= 11 is 0. The zero-order chi connectivity index (χ0) is 22.3. The molecule has 1 saturated heterocycles. The van der Waals surface area contributed by atoms with Crippen molar-refractivity contribution in [1.82, 2.24) is 9.21 Å². The van der Waals surface area contributed by atoms with Crippen molar-refractivity contribution >= 4 is 15.9 Å². The molecule has 1 fully saturated rings. The van der Waals surface area contributed by atoms with E-state index in [-0.39, 0.29) is 10.8 Å². The maximum atomic E-state index is 12.9. The molecular formula is C23H30N2O5S. The van der Waals surface area contributed by atoms with Crippen LogP contribution in [0.15, 0.2) is 53.4 Å². The molecule has 0 atom stereocenters. The number of carbonyl (C=O) groups is 1. The van der Waals surface area contributed by atoms with E-state index < -0.39 is 10.0 Å². The van der Waals surface area contributed by atoms with Crippen LogP contribution in [0, 0.1) is 6.92 Å². The molecule has 0 N–H and O–H groups in total. The molecule has 0 aliphatic carbocycles. The maximum Gasteiger partial charge on any atom is 0.243 e. The number of sulfonamides is 1. The molecule has 168 valence electrons. The second-order valence-corrected chi connectivity index (χ2v) is 9.39. The summed E-state index contributed by atoms with van der Waals surface area (Å²) in [6, 6.07) is 14.3. The van der Waals surface area contributed by atoms with E-state index in [1.54, 1.807) is 29.2 Å². The number of aryl methyl sites for hydroxylation is 1. The topological polar surface area (TPSA) is 76.2 Å². The third-order valence-electron chi connectivity index (χ3n) is 5.19. The molecule has 0 aromatic heterocycles. The van der Waals surface area contributed by atoms with Gasteiger partial charge in [0.1, 0.15) is 11.5 Å². The standard InChI is InChI=1S/C23H30N2O5S/c1-3-29-20-10-12-22(13-11-20)31(27,28)25-16-14-24(15-17-25)23(26)5-4-18-30-21-8-6-19(2)7-9-21/h6-13H,3-5,14-18H2,1-2H3. The molecule has 1 aliphatic heterocycles. The number of rotatable bonds is 9. The van der Waals surface area contributed by atoms with E-state index in [1.807, 2.05) is 38.1 Å². The van der Waals surface area contributed by atoms with Crippen LogP contribution in [0.1, 0.15) is 25.3 Å². The Morgan fingerprint density at radius 2 is 1.48 bits per heavy atom. The van der Waals surface area contributed by atoms with Gasteiger partial charge in [0.05, 0.1) is 18.1 Å². The van der Waals surface area contributed by atoms with E-state index in [1.165, 1.54) is 9.87 Å². The Bertz CT molecular complexity index is 950. The number of nitrogens with zero attached hydrogens (tertiary/aromatic N) is 2. The van der Waals surface area contributed by atoms with Crippen molar-refractivity contribution in [3.8, 4) is 11.5 Å². The highest BCUT2D eigenvalue weighted by Crippen LogP contribution is 2.21. The van der Waals surface area contributed by atoms with Gasteiger partial charge in [0.15, 0.2) is 0 Å². The Kier molecular flexibility index (Phi) is 7.92. The van der Waals surface area contributed by atoms with E-state index in [0.29, 0.717) is 58.0 Å². The van der Waals surface area contributed by atoms with Gasteiger partial charge in [0.2, 0.25) is 15.9 Å². The van der Waals surface area contributed by atoms with Crippen molar-refractivity contribution in [3.63, 3.8) is 0 Å². The number of benzene rings is 2. The van der Waals surface area contributed by atoms with E-state index in [2.05, 4.69) is 0 Å². The summed E-state index contributed by atoms with van der Waals surface area (Å²) in [4.78, 5) is 14.4. The third-order valence-corrected chi connectivity index (χ3v) is 7.10. The number of amides is 1. The Morgan fingerprint density at radius 1 is 0.903 bits per heavy atom. The van der Waals surface area contributed by atoms with Gasteiger partial charge in [-0.15, -0.1) is 0 Å². The highest BCUT2D eigenvalue weighted by Gasteiger charge is 2.29. The molecule has 1 amide bonds. The largest absolute Gasteiger partial charge is 0.494 e. The average Bonchev–Trinajstić information content (AvgIpc) is 2.78. The molecule has 1 heterocycles. The van der Waals surface area contributed by atoms with Gasteiger partial charge < -0.3 is 14.4 Å². The van der Waals surface area contributed by atoms with Crippen molar-refractivity contribution in [2.75, 3.05) is 39.4 Å². The number of carbonyl (C=O) groups excluding carboxylic acids is 1. The monoisotopic (exact) mass is 446 g/mol. The second kappa shape index (κ2) is 10.6. The molecule has 2 aromatic carbocycles. The summed E-state index contributed by atoms with van der Waals surface area (Å²) in [6.07, 6.45) is 1.01. The minimum absolute atomic E-state index is 0.0330. The Morgan fingerprint density at radius 3 is 2.10 bits per heavy atom. The summed E-state index contributed by atoms with van der Waals surface area (Å²) in [6.45, 7) is 6.28. The van der Waals surface area contributed by atoms with Gasteiger partial charge in [-0.3, -0.25) is 4.79 Å². The smallest absolute Gasteiger partial charge is 0.243 e. The van der Waals surface area contributed by atoms with E-state index in [4.69, 9.17) is 9.47 Å².